The van der Waals surface area contributed by atoms with Crippen molar-refractivity contribution in [2.45, 2.75) is 95.5 Å². The predicted molar refractivity (Wildman–Crippen MR) is 122 cm³/mol. The van der Waals surface area contributed by atoms with Crippen molar-refractivity contribution in [3.05, 3.63) is 35.9 Å². The van der Waals surface area contributed by atoms with Crippen molar-refractivity contribution in [3.63, 3.8) is 0 Å². The lowest BCUT2D eigenvalue weighted by atomic mass is 9.96. The van der Waals surface area contributed by atoms with Crippen LogP contribution in [0.4, 0.5) is 4.79 Å². The number of aliphatic hydroxyl groups excluding tert-OH is 3. The van der Waals surface area contributed by atoms with Crippen molar-refractivity contribution in [1.29, 1.82) is 0 Å². The third-order valence-corrected chi connectivity index (χ3v) is 5.80. The Morgan fingerprint density at radius 2 is 1.66 bits per heavy atom. The minimum absolute atomic E-state index is 0.0918. The first-order chi connectivity index (χ1) is 15.6. The molecule has 1 aromatic carbocycles. The van der Waals surface area contributed by atoms with Crippen molar-refractivity contribution in [3.8, 4) is 0 Å². The summed E-state index contributed by atoms with van der Waals surface area (Å²) in [5, 5.41) is 36.0. The van der Waals surface area contributed by atoms with Crippen LogP contribution in [-0.2, 0) is 16.1 Å². The fourth-order valence-electron chi connectivity index (χ4n) is 3.86. The molecule has 1 fully saturated rings. The van der Waals surface area contributed by atoms with Crippen molar-refractivity contribution < 1.29 is 29.6 Å². The van der Waals surface area contributed by atoms with Crippen molar-refractivity contribution in [1.82, 2.24) is 10.6 Å². The molecule has 0 bridgehead atoms. The summed E-state index contributed by atoms with van der Waals surface area (Å²) >= 11 is 0. The van der Waals surface area contributed by atoms with Crippen molar-refractivity contribution in [2.24, 2.45) is 0 Å². The Labute approximate surface area is 191 Å². The lowest BCUT2D eigenvalue weighted by molar-refractivity contribution is -0.200. The number of amides is 1. The van der Waals surface area contributed by atoms with Gasteiger partial charge in [0.05, 0.1) is 6.61 Å². The van der Waals surface area contributed by atoms with Crippen molar-refractivity contribution >= 4 is 6.09 Å². The van der Waals surface area contributed by atoms with Crippen LogP contribution in [0, 0.1) is 0 Å². The van der Waals surface area contributed by atoms with E-state index in [1.165, 1.54) is 38.5 Å². The Balaban J connectivity index is 1.80. The topological polar surface area (TPSA) is 120 Å². The molecule has 1 amide bonds. The van der Waals surface area contributed by atoms with E-state index in [4.69, 9.17) is 9.47 Å². The smallest absolute Gasteiger partial charge is 0.407 e. The molecule has 0 radical (unpaired) electrons. The van der Waals surface area contributed by atoms with Gasteiger partial charge in [-0.2, -0.15) is 0 Å². The fraction of sp³-hybridized carbons (Fsp3) is 0.708. The lowest BCUT2D eigenvalue weighted by Crippen LogP contribution is -2.67. The Bertz CT molecular complexity index is 632. The zero-order chi connectivity index (χ0) is 23.2. The number of ether oxygens (including phenoxy) is 2. The second-order valence-corrected chi connectivity index (χ2v) is 8.42. The standard InChI is InChI=1S/C24H40N2O6/c1-2-3-4-5-6-7-8-12-15-25-23-20(22(29)21(28)19(16-27)32-23)26-24(30)31-17-18-13-10-9-11-14-18/h9-11,13-14,19-23,25,27-29H,2-8,12,15-17H2,1H3,(H,26,30)/t19-,20+,21+,22-,23-/m1/s1. The second kappa shape index (κ2) is 15.2. The first-order valence-corrected chi connectivity index (χ1v) is 11.9. The van der Waals surface area contributed by atoms with Gasteiger partial charge in [0.15, 0.2) is 0 Å². The fourth-order valence-corrected chi connectivity index (χ4v) is 3.86. The van der Waals surface area contributed by atoms with Gasteiger partial charge in [-0.3, -0.25) is 5.32 Å². The zero-order valence-corrected chi connectivity index (χ0v) is 19.1. The summed E-state index contributed by atoms with van der Waals surface area (Å²) in [6.45, 7) is 2.51. The minimum atomic E-state index is -1.32. The molecule has 1 aromatic rings. The summed E-state index contributed by atoms with van der Waals surface area (Å²) in [7, 11) is 0. The normalized spacial score (nSPS) is 25.4. The van der Waals surface area contributed by atoms with E-state index in [1.807, 2.05) is 30.3 Å². The Morgan fingerprint density at radius 3 is 2.31 bits per heavy atom. The summed E-state index contributed by atoms with van der Waals surface area (Å²) in [4.78, 5) is 12.3. The summed E-state index contributed by atoms with van der Waals surface area (Å²) in [6, 6.07) is 8.36. The molecule has 5 N–H and O–H groups in total. The molecule has 182 valence electrons. The molecule has 1 saturated heterocycles. The van der Waals surface area contributed by atoms with Gasteiger partial charge in [0.25, 0.3) is 0 Å². The van der Waals surface area contributed by atoms with Crippen LogP contribution in [0.15, 0.2) is 30.3 Å². The number of benzene rings is 1. The summed E-state index contributed by atoms with van der Waals surface area (Å²) in [5.74, 6) is 0. The van der Waals surface area contributed by atoms with Gasteiger partial charge in [-0.25, -0.2) is 4.79 Å². The number of nitrogens with one attached hydrogen (secondary N) is 2. The monoisotopic (exact) mass is 452 g/mol. The average molecular weight is 453 g/mol. The van der Waals surface area contributed by atoms with Gasteiger partial charge in [-0.1, -0.05) is 82.2 Å². The molecule has 8 heteroatoms. The van der Waals surface area contributed by atoms with Crippen LogP contribution in [0.1, 0.15) is 63.9 Å². The van der Waals surface area contributed by atoms with E-state index >= 15 is 0 Å². The first kappa shape index (κ1) is 26.5. The maximum absolute atomic E-state index is 12.3. The molecule has 2 rings (SSSR count). The van der Waals surface area contributed by atoms with E-state index in [2.05, 4.69) is 17.6 Å². The minimum Gasteiger partial charge on any atom is -0.445 e. The van der Waals surface area contributed by atoms with Gasteiger partial charge in [0.2, 0.25) is 0 Å². The number of rotatable bonds is 14. The molecule has 0 aromatic heterocycles. The van der Waals surface area contributed by atoms with E-state index in [1.54, 1.807) is 0 Å². The first-order valence-electron chi connectivity index (χ1n) is 11.9. The van der Waals surface area contributed by atoms with Gasteiger partial charge in [-0.05, 0) is 18.5 Å². The number of unbranched alkanes of at least 4 members (excludes halogenated alkanes) is 7. The molecule has 0 spiro atoms. The largest absolute Gasteiger partial charge is 0.445 e. The third-order valence-electron chi connectivity index (χ3n) is 5.80. The van der Waals surface area contributed by atoms with Crippen molar-refractivity contribution in [2.75, 3.05) is 13.2 Å². The van der Waals surface area contributed by atoms with E-state index < -0.39 is 43.3 Å². The predicted octanol–water partition coefficient (Wildman–Crippen LogP) is 2.45. The molecule has 1 heterocycles. The molecule has 1 aliphatic heterocycles. The lowest BCUT2D eigenvalue weighted by Gasteiger charge is -2.42. The number of aliphatic hydroxyl groups is 3. The number of carbonyl (C=O) groups excluding carboxylic acids is 1. The van der Waals surface area contributed by atoms with Crippen LogP contribution < -0.4 is 10.6 Å². The van der Waals surface area contributed by atoms with Gasteiger partial charge in [0.1, 0.15) is 37.2 Å². The average Bonchev–Trinajstić information content (AvgIpc) is 2.81. The Kier molecular flexibility index (Phi) is 12.6. The van der Waals surface area contributed by atoms with Crippen LogP contribution in [0.3, 0.4) is 0 Å². The molecule has 1 aliphatic rings. The number of hydrogen-bond donors (Lipinski definition) is 5. The van der Waals surface area contributed by atoms with Crippen LogP contribution in [0.25, 0.3) is 0 Å². The molecule has 0 saturated carbocycles. The number of carbonyl (C=O) groups is 1. The molecule has 5 atom stereocenters. The molecular weight excluding hydrogens is 412 g/mol. The van der Waals surface area contributed by atoms with Gasteiger partial charge < -0.3 is 30.1 Å². The van der Waals surface area contributed by atoms with Crippen LogP contribution >= 0.6 is 0 Å². The maximum Gasteiger partial charge on any atom is 0.407 e. The second-order valence-electron chi connectivity index (χ2n) is 8.42. The SMILES string of the molecule is CCCCCCCCCCN[C@@H]1O[C@H](CO)[C@H](O)[C@H](O)[C@@H]1NC(=O)OCc1ccccc1. The van der Waals surface area contributed by atoms with Crippen LogP contribution in [0.5, 0.6) is 0 Å². The third kappa shape index (κ3) is 9.03. The molecule has 32 heavy (non-hydrogen) atoms. The molecular formula is C24H40N2O6. The summed E-state index contributed by atoms with van der Waals surface area (Å²) in [6.07, 6.45) is 4.50. The van der Waals surface area contributed by atoms with Gasteiger partial charge in [-0.15, -0.1) is 0 Å². The van der Waals surface area contributed by atoms with Gasteiger partial charge in [0, 0.05) is 0 Å². The molecule has 0 unspecified atom stereocenters. The van der Waals surface area contributed by atoms with Gasteiger partial charge >= 0.3 is 6.09 Å². The highest BCUT2D eigenvalue weighted by Gasteiger charge is 2.45. The van der Waals surface area contributed by atoms with Crippen LogP contribution in [-0.4, -0.2) is 65.1 Å². The zero-order valence-electron chi connectivity index (χ0n) is 19.1. The van der Waals surface area contributed by atoms with E-state index in [0.29, 0.717) is 6.54 Å². The Morgan fingerprint density at radius 1 is 1.00 bits per heavy atom. The highest BCUT2D eigenvalue weighted by Crippen LogP contribution is 2.20. The highest BCUT2D eigenvalue weighted by molar-refractivity contribution is 5.67. The van der Waals surface area contributed by atoms with E-state index in [-0.39, 0.29) is 6.61 Å². The quantitative estimate of drug-likeness (QED) is 0.275. The Hall–Kier alpha value is -1.71. The van der Waals surface area contributed by atoms with E-state index in [9.17, 15) is 20.1 Å². The van der Waals surface area contributed by atoms with E-state index in [0.717, 1.165) is 18.4 Å². The maximum atomic E-state index is 12.3. The highest BCUT2D eigenvalue weighted by atomic mass is 16.6. The summed E-state index contributed by atoms with van der Waals surface area (Å²) < 4.78 is 11.0. The number of alkyl carbamates (subject to hydrolysis) is 1. The number of hydrogen-bond acceptors (Lipinski definition) is 7. The molecule has 0 aliphatic carbocycles. The summed E-state index contributed by atoms with van der Waals surface area (Å²) in [5.41, 5.74) is 0.841. The van der Waals surface area contributed by atoms with Crippen LogP contribution in [0.2, 0.25) is 0 Å². The molecule has 8 nitrogen and oxygen atoms in total.